The Balaban J connectivity index is 1.64. The third kappa shape index (κ3) is 7.05. The number of carbonyl (C=O) groups is 1. The molecule has 3 aromatic rings. The van der Waals surface area contributed by atoms with Crippen molar-refractivity contribution in [1.82, 2.24) is 9.88 Å². The van der Waals surface area contributed by atoms with Crippen LogP contribution >= 0.6 is 0 Å². The predicted molar refractivity (Wildman–Crippen MR) is 133 cm³/mol. The molecule has 1 amide bonds. The van der Waals surface area contributed by atoms with Crippen LogP contribution < -0.4 is 14.8 Å². The molecule has 0 radical (unpaired) electrons. The second-order valence-corrected chi connectivity index (χ2v) is 7.81. The van der Waals surface area contributed by atoms with Crippen LogP contribution in [-0.2, 0) is 0 Å². The molecule has 0 saturated carbocycles. The van der Waals surface area contributed by atoms with E-state index in [0.29, 0.717) is 29.5 Å². The first kappa shape index (κ1) is 24.3. The maximum atomic E-state index is 12.7. The molecule has 1 aromatic heterocycles. The van der Waals surface area contributed by atoms with Crippen molar-refractivity contribution >= 4 is 11.6 Å². The van der Waals surface area contributed by atoms with Crippen molar-refractivity contribution in [2.75, 3.05) is 38.7 Å². The van der Waals surface area contributed by atoms with Gasteiger partial charge in [-0.1, -0.05) is 50.2 Å². The minimum atomic E-state index is -0.275. The van der Waals surface area contributed by atoms with Crippen molar-refractivity contribution in [3.63, 3.8) is 0 Å². The van der Waals surface area contributed by atoms with E-state index in [1.165, 1.54) is 0 Å². The van der Waals surface area contributed by atoms with E-state index in [1.54, 1.807) is 37.6 Å². The average Bonchev–Trinajstić information content (AvgIpc) is 2.85. The minimum Gasteiger partial charge on any atom is -0.493 e. The summed E-state index contributed by atoms with van der Waals surface area (Å²) in [5.41, 5.74) is 3.00. The van der Waals surface area contributed by atoms with E-state index in [-0.39, 0.29) is 5.91 Å². The molecule has 0 aliphatic heterocycles. The number of benzene rings is 2. The first-order valence-electron chi connectivity index (χ1n) is 11.5. The van der Waals surface area contributed by atoms with Crippen LogP contribution in [0.15, 0.2) is 66.9 Å². The summed E-state index contributed by atoms with van der Waals surface area (Å²) in [7, 11) is 1.61. The second-order valence-electron chi connectivity index (χ2n) is 7.81. The number of ether oxygens (including phenoxy) is 2. The Morgan fingerprint density at radius 1 is 0.909 bits per heavy atom. The van der Waals surface area contributed by atoms with Crippen molar-refractivity contribution < 1.29 is 14.3 Å². The number of pyridine rings is 1. The van der Waals surface area contributed by atoms with Gasteiger partial charge in [0.2, 0.25) is 0 Å². The molecule has 0 atom stereocenters. The number of carbonyl (C=O) groups excluding carboxylic acids is 1. The van der Waals surface area contributed by atoms with Crippen LogP contribution in [0.25, 0.3) is 11.1 Å². The van der Waals surface area contributed by atoms with Crippen LogP contribution in [0, 0.1) is 0 Å². The van der Waals surface area contributed by atoms with Crippen LogP contribution in [0.1, 0.15) is 37.2 Å². The molecule has 0 saturated heterocycles. The number of rotatable bonds is 12. The molecular weight excluding hydrogens is 414 g/mol. The van der Waals surface area contributed by atoms with Crippen LogP contribution in [0.4, 0.5) is 5.69 Å². The molecule has 6 heteroatoms. The summed E-state index contributed by atoms with van der Waals surface area (Å²) < 4.78 is 11.4. The molecule has 3 rings (SSSR count). The molecule has 1 N–H and O–H groups in total. The van der Waals surface area contributed by atoms with Crippen LogP contribution in [-0.4, -0.2) is 49.1 Å². The van der Waals surface area contributed by atoms with E-state index in [0.717, 1.165) is 43.6 Å². The summed E-state index contributed by atoms with van der Waals surface area (Å²) >= 11 is 0. The van der Waals surface area contributed by atoms with Crippen molar-refractivity contribution in [2.45, 2.75) is 26.7 Å². The number of aromatic nitrogens is 1. The summed E-state index contributed by atoms with van der Waals surface area (Å²) in [6, 6.07) is 19.0. The van der Waals surface area contributed by atoms with E-state index in [2.05, 4.69) is 29.0 Å². The summed E-state index contributed by atoms with van der Waals surface area (Å²) in [4.78, 5) is 19.5. The molecular formula is C27H33N3O3. The zero-order valence-corrected chi connectivity index (χ0v) is 19.7. The van der Waals surface area contributed by atoms with Gasteiger partial charge in [0.1, 0.15) is 12.3 Å². The molecule has 0 spiro atoms. The van der Waals surface area contributed by atoms with Gasteiger partial charge in [0, 0.05) is 30.1 Å². The highest BCUT2D eigenvalue weighted by molar-refractivity contribution is 6.03. The fraction of sp³-hybridized carbons (Fsp3) is 0.333. The average molecular weight is 448 g/mol. The standard InChI is InChI=1S/C27H33N3O3/c1-4-15-30(16-5-2)17-18-33-26-19-23(12-14-25(26)32-3)29-27(31)24-13-11-22(20-28-24)21-9-7-6-8-10-21/h6-14,19-20H,4-5,15-18H2,1-3H3,(H,29,31). The summed E-state index contributed by atoms with van der Waals surface area (Å²) in [6.07, 6.45) is 3.95. The third-order valence-corrected chi connectivity index (χ3v) is 5.27. The Bertz CT molecular complexity index is 1000. The highest BCUT2D eigenvalue weighted by Crippen LogP contribution is 2.30. The number of methoxy groups -OCH3 is 1. The van der Waals surface area contributed by atoms with E-state index in [4.69, 9.17) is 9.47 Å². The van der Waals surface area contributed by atoms with Gasteiger partial charge in [0.25, 0.3) is 5.91 Å². The van der Waals surface area contributed by atoms with Gasteiger partial charge in [-0.2, -0.15) is 0 Å². The number of anilines is 1. The molecule has 6 nitrogen and oxygen atoms in total. The highest BCUT2D eigenvalue weighted by atomic mass is 16.5. The van der Waals surface area contributed by atoms with Crippen LogP contribution in [0.5, 0.6) is 11.5 Å². The number of hydrogen-bond acceptors (Lipinski definition) is 5. The van der Waals surface area contributed by atoms with Gasteiger partial charge >= 0.3 is 0 Å². The maximum Gasteiger partial charge on any atom is 0.274 e. The molecule has 2 aromatic carbocycles. The van der Waals surface area contributed by atoms with E-state index >= 15 is 0 Å². The lowest BCUT2D eigenvalue weighted by molar-refractivity contribution is 0.102. The maximum absolute atomic E-state index is 12.7. The topological polar surface area (TPSA) is 63.7 Å². The van der Waals surface area contributed by atoms with Gasteiger partial charge < -0.3 is 14.8 Å². The van der Waals surface area contributed by atoms with Crippen molar-refractivity contribution in [3.8, 4) is 22.6 Å². The molecule has 0 aliphatic carbocycles. The van der Waals surface area contributed by atoms with Gasteiger partial charge in [-0.3, -0.25) is 14.7 Å². The van der Waals surface area contributed by atoms with E-state index < -0.39 is 0 Å². The molecule has 33 heavy (non-hydrogen) atoms. The molecule has 0 fully saturated rings. The van der Waals surface area contributed by atoms with Gasteiger partial charge in [-0.05, 0) is 49.7 Å². The fourth-order valence-corrected chi connectivity index (χ4v) is 3.64. The Labute approximate surface area is 196 Å². The Morgan fingerprint density at radius 2 is 1.67 bits per heavy atom. The quantitative estimate of drug-likeness (QED) is 0.397. The molecule has 1 heterocycles. The zero-order chi connectivity index (χ0) is 23.5. The fourth-order valence-electron chi connectivity index (χ4n) is 3.64. The summed E-state index contributed by atoms with van der Waals surface area (Å²) in [6.45, 7) is 7.88. The third-order valence-electron chi connectivity index (χ3n) is 5.27. The minimum absolute atomic E-state index is 0.275. The van der Waals surface area contributed by atoms with Crippen molar-refractivity contribution in [2.24, 2.45) is 0 Å². The van der Waals surface area contributed by atoms with Crippen LogP contribution in [0.2, 0.25) is 0 Å². The number of nitrogens with zero attached hydrogens (tertiary/aromatic N) is 2. The first-order valence-corrected chi connectivity index (χ1v) is 11.5. The predicted octanol–water partition coefficient (Wildman–Crippen LogP) is 5.51. The molecule has 174 valence electrons. The Hall–Kier alpha value is -3.38. The highest BCUT2D eigenvalue weighted by Gasteiger charge is 2.12. The van der Waals surface area contributed by atoms with E-state index in [1.807, 2.05) is 36.4 Å². The summed E-state index contributed by atoms with van der Waals surface area (Å²) in [5.74, 6) is 0.967. The monoisotopic (exact) mass is 447 g/mol. The van der Waals surface area contributed by atoms with Gasteiger partial charge in [0.05, 0.1) is 7.11 Å². The zero-order valence-electron chi connectivity index (χ0n) is 19.7. The lowest BCUT2D eigenvalue weighted by Crippen LogP contribution is -2.30. The number of amides is 1. The Kier molecular flexibility index (Phi) is 9.27. The number of hydrogen-bond donors (Lipinski definition) is 1. The second kappa shape index (κ2) is 12.6. The largest absolute Gasteiger partial charge is 0.493 e. The first-order chi connectivity index (χ1) is 16.1. The normalized spacial score (nSPS) is 10.8. The molecule has 0 unspecified atom stereocenters. The van der Waals surface area contributed by atoms with Crippen LogP contribution in [0.3, 0.4) is 0 Å². The SMILES string of the molecule is CCCN(CCC)CCOc1cc(NC(=O)c2ccc(-c3ccccc3)cn2)ccc1OC. The Morgan fingerprint density at radius 3 is 2.30 bits per heavy atom. The van der Waals surface area contributed by atoms with Crippen molar-refractivity contribution in [3.05, 3.63) is 72.6 Å². The molecule has 0 aliphatic rings. The number of nitrogens with one attached hydrogen (secondary N) is 1. The molecule has 0 bridgehead atoms. The van der Waals surface area contributed by atoms with Gasteiger partial charge in [0.15, 0.2) is 11.5 Å². The van der Waals surface area contributed by atoms with Gasteiger partial charge in [-0.25, -0.2) is 0 Å². The lowest BCUT2D eigenvalue weighted by Gasteiger charge is -2.21. The summed E-state index contributed by atoms with van der Waals surface area (Å²) in [5, 5.41) is 2.90. The lowest BCUT2D eigenvalue weighted by atomic mass is 10.1. The van der Waals surface area contributed by atoms with E-state index in [9.17, 15) is 4.79 Å². The van der Waals surface area contributed by atoms with Gasteiger partial charge in [-0.15, -0.1) is 0 Å². The van der Waals surface area contributed by atoms with Crippen molar-refractivity contribution in [1.29, 1.82) is 0 Å². The smallest absolute Gasteiger partial charge is 0.274 e.